The lowest BCUT2D eigenvalue weighted by atomic mass is 9.73. The molecule has 7 nitrogen and oxygen atoms in total. The molecule has 3 unspecified atom stereocenters. The number of hydrogen-bond acceptors (Lipinski definition) is 4. The minimum Gasteiger partial charge on any atom is -0.481 e. The van der Waals surface area contributed by atoms with Crippen LogP contribution in [-0.2, 0) is 14.3 Å². The number of benzene rings is 2. The van der Waals surface area contributed by atoms with E-state index in [2.05, 4.69) is 22.8 Å². The van der Waals surface area contributed by atoms with Crippen LogP contribution in [0.5, 0.6) is 0 Å². The molecule has 1 fully saturated rings. The van der Waals surface area contributed by atoms with Gasteiger partial charge < -0.3 is 20.5 Å². The maximum absolute atomic E-state index is 12.7. The molecule has 3 atom stereocenters. The maximum Gasteiger partial charge on any atom is 0.407 e. The number of nitrogens with one attached hydrogen (secondary N) is 2. The van der Waals surface area contributed by atoms with E-state index in [-0.39, 0.29) is 12.5 Å². The van der Waals surface area contributed by atoms with Gasteiger partial charge in [0, 0.05) is 5.92 Å². The molecule has 2 aliphatic rings. The first-order valence-electron chi connectivity index (χ1n) is 11.5. The van der Waals surface area contributed by atoms with Crippen LogP contribution in [0.2, 0.25) is 0 Å². The van der Waals surface area contributed by atoms with Gasteiger partial charge in [-0.2, -0.15) is 0 Å². The molecule has 3 N–H and O–H groups in total. The summed E-state index contributed by atoms with van der Waals surface area (Å²) in [6.45, 7) is 3.49. The molecular weight excluding hydrogens is 420 g/mol. The highest BCUT2D eigenvalue weighted by atomic mass is 16.5. The molecule has 0 radical (unpaired) electrons. The Morgan fingerprint density at radius 3 is 2.27 bits per heavy atom. The average molecular weight is 451 g/mol. The summed E-state index contributed by atoms with van der Waals surface area (Å²) in [4.78, 5) is 36.9. The van der Waals surface area contributed by atoms with Crippen LogP contribution in [0.3, 0.4) is 0 Å². The average Bonchev–Trinajstić information content (AvgIpc) is 3.11. The summed E-state index contributed by atoms with van der Waals surface area (Å²) < 4.78 is 5.51. The summed E-state index contributed by atoms with van der Waals surface area (Å²) in [5, 5.41) is 15.0. The van der Waals surface area contributed by atoms with Crippen molar-refractivity contribution in [3.05, 3.63) is 59.7 Å². The number of hydrogen-bond donors (Lipinski definition) is 3. The molecule has 33 heavy (non-hydrogen) atoms. The third-order valence-corrected chi connectivity index (χ3v) is 6.99. The summed E-state index contributed by atoms with van der Waals surface area (Å²) in [6, 6.07) is 15.3. The van der Waals surface area contributed by atoms with Crippen LogP contribution in [-0.4, -0.2) is 41.3 Å². The molecule has 2 aromatic rings. The second-order valence-corrected chi connectivity index (χ2v) is 9.23. The Balaban J connectivity index is 1.35. The second-order valence-electron chi connectivity index (χ2n) is 9.23. The Kier molecular flexibility index (Phi) is 6.40. The van der Waals surface area contributed by atoms with Gasteiger partial charge in [-0.1, -0.05) is 61.4 Å². The molecule has 0 bridgehead atoms. The number of alkyl carbamates (subject to hydrolysis) is 1. The van der Waals surface area contributed by atoms with Gasteiger partial charge in [-0.25, -0.2) is 4.79 Å². The Bertz CT molecular complexity index is 1020. The number of carbonyl (C=O) groups excluding carboxylic acids is 2. The molecule has 0 heterocycles. The zero-order valence-corrected chi connectivity index (χ0v) is 19.0. The predicted octanol–water partition coefficient (Wildman–Crippen LogP) is 4.06. The first-order chi connectivity index (χ1) is 15.8. The fourth-order valence-corrected chi connectivity index (χ4v) is 5.15. The van der Waals surface area contributed by atoms with Crippen molar-refractivity contribution >= 4 is 18.0 Å². The lowest BCUT2D eigenvalue weighted by Crippen LogP contribution is -2.59. The molecule has 0 aromatic heterocycles. The summed E-state index contributed by atoms with van der Waals surface area (Å²) in [5.41, 5.74) is 3.68. The number of ether oxygens (including phenoxy) is 1. The molecule has 0 spiro atoms. The Hall–Kier alpha value is -3.35. The van der Waals surface area contributed by atoms with E-state index >= 15 is 0 Å². The summed E-state index contributed by atoms with van der Waals surface area (Å²) >= 11 is 0. The van der Waals surface area contributed by atoms with Crippen LogP contribution < -0.4 is 10.6 Å². The standard InChI is InChI=1S/C26H30N2O5/c1-16(23(29)28-26(2)14-8-7-13-22(26)24(30)31)27-25(32)33-15-21-19-11-5-3-9-17(19)18-10-4-6-12-20(18)21/h3-6,9-12,16,21-22H,7-8,13-15H2,1-2H3,(H,27,32)(H,28,29)(H,30,31). The van der Waals surface area contributed by atoms with Crippen molar-refractivity contribution in [3.63, 3.8) is 0 Å². The zero-order valence-electron chi connectivity index (χ0n) is 19.0. The molecule has 0 aliphatic heterocycles. The molecule has 1 saturated carbocycles. The van der Waals surface area contributed by atoms with E-state index in [0.29, 0.717) is 12.8 Å². The number of carbonyl (C=O) groups is 3. The van der Waals surface area contributed by atoms with E-state index in [1.165, 1.54) is 0 Å². The number of amides is 2. The minimum absolute atomic E-state index is 0.0650. The molecule has 7 heteroatoms. The van der Waals surface area contributed by atoms with Crippen LogP contribution in [0, 0.1) is 5.92 Å². The van der Waals surface area contributed by atoms with Gasteiger partial charge in [-0.3, -0.25) is 9.59 Å². The highest BCUT2D eigenvalue weighted by molar-refractivity contribution is 5.86. The van der Waals surface area contributed by atoms with E-state index in [9.17, 15) is 19.5 Å². The molecule has 2 aliphatic carbocycles. The number of carboxylic acids is 1. The van der Waals surface area contributed by atoms with E-state index in [0.717, 1.165) is 35.1 Å². The normalized spacial score (nSPS) is 22.5. The SMILES string of the molecule is CC(NC(=O)OCC1c2ccccc2-c2ccccc21)C(=O)NC1(C)CCCCC1C(=O)O. The fourth-order valence-electron chi connectivity index (χ4n) is 5.15. The second kappa shape index (κ2) is 9.25. The van der Waals surface area contributed by atoms with Gasteiger partial charge in [-0.15, -0.1) is 0 Å². The molecule has 0 saturated heterocycles. The van der Waals surface area contributed by atoms with Gasteiger partial charge >= 0.3 is 12.1 Å². The smallest absolute Gasteiger partial charge is 0.407 e. The first-order valence-corrected chi connectivity index (χ1v) is 11.5. The van der Waals surface area contributed by atoms with Gasteiger partial charge in [0.2, 0.25) is 5.91 Å². The monoisotopic (exact) mass is 450 g/mol. The van der Waals surface area contributed by atoms with Gasteiger partial charge in [0.25, 0.3) is 0 Å². The number of aliphatic carboxylic acids is 1. The van der Waals surface area contributed by atoms with E-state index < -0.39 is 35.5 Å². The van der Waals surface area contributed by atoms with Crippen LogP contribution in [0.1, 0.15) is 56.6 Å². The first kappa shape index (κ1) is 22.8. The summed E-state index contributed by atoms with van der Waals surface area (Å²) in [6.07, 6.45) is 2.13. The number of fused-ring (bicyclic) bond motifs is 3. The third kappa shape index (κ3) is 4.58. The molecule has 4 rings (SSSR count). The van der Waals surface area contributed by atoms with Gasteiger partial charge in [0.1, 0.15) is 12.6 Å². The van der Waals surface area contributed by atoms with E-state index in [4.69, 9.17) is 4.74 Å². The predicted molar refractivity (Wildman–Crippen MR) is 124 cm³/mol. The lowest BCUT2D eigenvalue weighted by molar-refractivity contribution is -0.146. The molecule has 2 aromatic carbocycles. The number of carboxylic acid groups (broad SMARTS) is 1. The van der Waals surface area contributed by atoms with Crippen molar-refractivity contribution in [2.45, 2.75) is 57.0 Å². The van der Waals surface area contributed by atoms with Gasteiger partial charge in [-0.05, 0) is 48.9 Å². The number of rotatable bonds is 6. The van der Waals surface area contributed by atoms with Crippen molar-refractivity contribution in [3.8, 4) is 11.1 Å². The Morgan fingerprint density at radius 1 is 1.06 bits per heavy atom. The van der Waals surface area contributed by atoms with Gasteiger partial charge in [0.05, 0.1) is 11.5 Å². The van der Waals surface area contributed by atoms with Crippen LogP contribution in [0.4, 0.5) is 4.79 Å². The van der Waals surface area contributed by atoms with Crippen molar-refractivity contribution < 1.29 is 24.2 Å². The van der Waals surface area contributed by atoms with E-state index in [1.807, 2.05) is 36.4 Å². The Labute approximate surface area is 193 Å². The van der Waals surface area contributed by atoms with Crippen molar-refractivity contribution in [1.29, 1.82) is 0 Å². The Morgan fingerprint density at radius 2 is 1.67 bits per heavy atom. The topological polar surface area (TPSA) is 105 Å². The van der Waals surface area contributed by atoms with Crippen molar-refractivity contribution in [1.82, 2.24) is 10.6 Å². The highest BCUT2D eigenvalue weighted by Crippen LogP contribution is 2.44. The van der Waals surface area contributed by atoms with Crippen molar-refractivity contribution in [2.24, 2.45) is 5.92 Å². The quantitative estimate of drug-likeness (QED) is 0.616. The van der Waals surface area contributed by atoms with Crippen LogP contribution in [0.15, 0.2) is 48.5 Å². The minimum atomic E-state index is -0.908. The maximum atomic E-state index is 12.7. The molecule has 174 valence electrons. The van der Waals surface area contributed by atoms with Crippen LogP contribution in [0.25, 0.3) is 11.1 Å². The molecule has 2 amide bonds. The molecular formula is C26H30N2O5. The third-order valence-electron chi connectivity index (χ3n) is 6.99. The van der Waals surface area contributed by atoms with E-state index in [1.54, 1.807) is 13.8 Å². The summed E-state index contributed by atoms with van der Waals surface area (Å²) in [5.74, 6) is -2.03. The fraction of sp³-hybridized carbons (Fsp3) is 0.423. The van der Waals surface area contributed by atoms with Gasteiger partial charge in [0.15, 0.2) is 0 Å². The van der Waals surface area contributed by atoms with Crippen molar-refractivity contribution in [2.75, 3.05) is 6.61 Å². The summed E-state index contributed by atoms with van der Waals surface area (Å²) in [7, 11) is 0. The highest BCUT2D eigenvalue weighted by Gasteiger charge is 2.42. The zero-order chi connectivity index (χ0) is 23.6. The lowest BCUT2D eigenvalue weighted by Gasteiger charge is -2.40. The van der Waals surface area contributed by atoms with Crippen LogP contribution >= 0.6 is 0 Å². The largest absolute Gasteiger partial charge is 0.481 e.